The molecule has 19 heavy (non-hydrogen) atoms. The number of rotatable bonds is 2. The maximum Gasteiger partial charge on any atom is 0.137 e. The predicted octanol–water partition coefficient (Wildman–Crippen LogP) is 3.56. The van der Waals surface area contributed by atoms with Crippen molar-refractivity contribution in [2.75, 3.05) is 0 Å². The summed E-state index contributed by atoms with van der Waals surface area (Å²) in [5.41, 5.74) is 4.61. The van der Waals surface area contributed by atoms with E-state index in [1.807, 2.05) is 53.8 Å². The summed E-state index contributed by atoms with van der Waals surface area (Å²) in [6.45, 7) is 1.98. The van der Waals surface area contributed by atoms with Gasteiger partial charge in [-0.05, 0) is 31.2 Å². The Bertz CT molecular complexity index is 732. The van der Waals surface area contributed by atoms with Crippen LogP contribution in [0.25, 0.3) is 16.9 Å². The summed E-state index contributed by atoms with van der Waals surface area (Å²) in [4.78, 5) is 4.63. The molecule has 1 N–H and O–H groups in total. The molecule has 3 nitrogen and oxygen atoms in total. The van der Waals surface area contributed by atoms with Gasteiger partial charge in [0.25, 0.3) is 0 Å². The van der Waals surface area contributed by atoms with E-state index in [2.05, 4.69) is 20.9 Å². The van der Waals surface area contributed by atoms with E-state index in [-0.39, 0.29) is 6.61 Å². The van der Waals surface area contributed by atoms with E-state index in [0.29, 0.717) is 0 Å². The number of aliphatic hydroxyl groups excluding tert-OH is 1. The van der Waals surface area contributed by atoms with Crippen LogP contribution in [0.15, 0.2) is 46.9 Å². The fourth-order valence-corrected chi connectivity index (χ4v) is 2.58. The largest absolute Gasteiger partial charge is 0.390 e. The third-order valence-corrected chi connectivity index (χ3v) is 3.73. The number of nitrogens with zero attached hydrogens (tertiary/aromatic N) is 2. The van der Waals surface area contributed by atoms with Gasteiger partial charge in [0.1, 0.15) is 5.65 Å². The lowest BCUT2D eigenvalue weighted by molar-refractivity contribution is 0.276. The van der Waals surface area contributed by atoms with Gasteiger partial charge in [-0.1, -0.05) is 34.1 Å². The van der Waals surface area contributed by atoms with Crippen molar-refractivity contribution in [1.29, 1.82) is 0 Å². The molecule has 0 aliphatic rings. The minimum absolute atomic E-state index is 0.0303. The van der Waals surface area contributed by atoms with E-state index < -0.39 is 0 Å². The number of hydrogen-bond acceptors (Lipinski definition) is 2. The highest BCUT2D eigenvalue weighted by Crippen LogP contribution is 2.26. The Morgan fingerprint density at radius 2 is 1.89 bits per heavy atom. The number of imidazole rings is 1. The number of hydrogen-bond donors (Lipinski definition) is 1. The second-order valence-corrected chi connectivity index (χ2v) is 5.35. The Hall–Kier alpha value is -1.65. The molecule has 0 atom stereocenters. The summed E-state index contributed by atoms with van der Waals surface area (Å²) in [6.07, 6.45) is 0. The van der Waals surface area contributed by atoms with Crippen LogP contribution in [0.4, 0.5) is 0 Å². The Morgan fingerprint density at radius 1 is 1.16 bits per heavy atom. The van der Waals surface area contributed by atoms with Gasteiger partial charge in [-0.25, -0.2) is 4.98 Å². The van der Waals surface area contributed by atoms with Crippen LogP contribution >= 0.6 is 15.9 Å². The molecule has 0 aliphatic heterocycles. The van der Waals surface area contributed by atoms with Crippen molar-refractivity contribution in [3.05, 3.63) is 58.3 Å². The summed E-state index contributed by atoms with van der Waals surface area (Å²) < 4.78 is 3.03. The van der Waals surface area contributed by atoms with E-state index >= 15 is 0 Å². The highest BCUT2D eigenvalue weighted by Gasteiger charge is 2.14. The van der Waals surface area contributed by atoms with Crippen LogP contribution < -0.4 is 0 Å². The number of aliphatic hydroxyl groups is 1. The van der Waals surface area contributed by atoms with Crippen LogP contribution in [0, 0.1) is 6.92 Å². The molecule has 3 aromatic rings. The Kier molecular flexibility index (Phi) is 3.12. The normalized spacial score (nSPS) is 11.1. The second kappa shape index (κ2) is 4.79. The number of aromatic nitrogens is 2. The molecular formula is C15H13BrN2O. The molecule has 0 unspecified atom stereocenters. The predicted molar refractivity (Wildman–Crippen MR) is 79.0 cm³/mol. The SMILES string of the molecule is Cc1cccc2nc(-c3ccc(Br)cc3)c(CO)n12. The van der Waals surface area contributed by atoms with Gasteiger partial charge in [0.05, 0.1) is 18.0 Å². The first-order chi connectivity index (χ1) is 9.20. The zero-order chi connectivity index (χ0) is 13.4. The lowest BCUT2D eigenvalue weighted by Crippen LogP contribution is -1.97. The number of benzene rings is 1. The molecule has 0 aliphatic carbocycles. The second-order valence-electron chi connectivity index (χ2n) is 4.43. The average Bonchev–Trinajstić information content (AvgIpc) is 2.79. The molecule has 0 amide bonds. The molecule has 1 aromatic carbocycles. The zero-order valence-corrected chi connectivity index (χ0v) is 12.1. The Balaban J connectivity index is 2.29. The lowest BCUT2D eigenvalue weighted by Gasteiger charge is -2.04. The molecule has 96 valence electrons. The summed E-state index contributed by atoms with van der Waals surface area (Å²) in [7, 11) is 0. The van der Waals surface area contributed by atoms with Crippen molar-refractivity contribution in [3.63, 3.8) is 0 Å². The average molecular weight is 317 g/mol. The molecule has 0 spiro atoms. The third-order valence-electron chi connectivity index (χ3n) is 3.20. The van der Waals surface area contributed by atoms with Crippen molar-refractivity contribution in [2.24, 2.45) is 0 Å². The fraction of sp³-hybridized carbons (Fsp3) is 0.133. The number of halogens is 1. The molecule has 0 saturated heterocycles. The highest BCUT2D eigenvalue weighted by atomic mass is 79.9. The Labute approximate surface area is 119 Å². The smallest absolute Gasteiger partial charge is 0.137 e. The standard InChI is InChI=1S/C15H13BrN2O/c1-10-3-2-4-14-17-15(13(9-19)18(10)14)11-5-7-12(16)8-6-11/h2-8,19H,9H2,1H3. The Morgan fingerprint density at radius 3 is 2.58 bits per heavy atom. The number of pyridine rings is 1. The van der Waals surface area contributed by atoms with Gasteiger partial charge in [0.2, 0.25) is 0 Å². The van der Waals surface area contributed by atoms with Gasteiger partial charge in [-0.3, -0.25) is 4.40 Å². The molecule has 0 fully saturated rings. The first kappa shape index (κ1) is 12.4. The summed E-state index contributed by atoms with van der Waals surface area (Å²) >= 11 is 3.42. The number of aryl methyl sites for hydroxylation is 1. The van der Waals surface area contributed by atoms with Crippen molar-refractivity contribution < 1.29 is 5.11 Å². The molecule has 3 rings (SSSR count). The van der Waals surface area contributed by atoms with Crippen molar-refractivity contribution in [2.45, 2.75) is 13.5 Å². The van der Waals surface area contributed by atoms with Crippen LogP contribution in [0.3, 0.4) is 0 Å². The molecule has 0 bridgehead atoms. The van der Waals surface area contributed by atoms with Crippen molar-refractivity contribution >= 4 is 21.6 Å². The minimum Gasteiger partial charge on any atom is -0.390 e. The quantitative estimate of drug-likeness (QED) is 0.785. The first-order valence-electron chi connectivity index (χ1n) is 6.04. The van der Waals surface area contributed by atoms with Gasteiger partial charge in [-0.15, -0.1) is 0 Å². The van der Waals surface area contributed by atoms with E-state index in [4.69, 9.17) is 0 Å². The van der Waals surface area contributed by atoms with Gasteiger partial charge in [-0.2, -0.15) is 0 Å². The molecule has 0 radical (unpaired) electrons. The summed E-state index contributed by atoms with van der Waals surface area (Å²) in [5, 5.41) is 9.68. The summed E-state index contributed by atoms with van der Waals surface area (Å²) in [6, 6.07) is 13.9. The topological polar surface area (TPSA) is 37.5 Å². The lowest BCUT2D eigenvalue weighted by atomic mass is 10.1. The van der Waals surface area contributed by atoms with E-state index in [1.54, 1.807) is 0 Å². The van der Waals surface area contributed by atoms with Crippen LogP contribution in [-0.2, 0) is 6.61 Å². The number of fused-ring (bicyclic) bond motifs is 1. The van der Waals surface area contributed by atoms with Crippen molar-refractivity contribution in [1.82, 2.24) is 9.38 Å². The third kappa shape index (κ3) is 2.07. The van der Waals surface area contributed by atoms with Crippen LogP contribution in [0.2, 0.25) is 0 Å². The van der Waals surface area contributed by atoms with Crippen LogP contribution in [0.1, 0.15) is 11.4 Å². The maximum atomic E-state index is 9.68. The van der Waals surface area contributed by atoms with Crippen LogP contribution in [0.5, 0.6) is 0 Å². The van der Waals surface area contributed by atoms with Crippen molar-refractivity contribution in [3.8, 4) is 11.3 Å². The fourth-order valence-electron chi connectivity index (χ4n) is 2.31. The van der Waals surface area contributed by atoms with E-state index in [1.165, 1.54) is 0 Å². The monoisotopic (exact) mass is 316 g/mol. The zero-order valence-electron chi connectivity index (χ0n) is 10.5. The van der Waals surface area contributed by atoms with Gasteiger partial charge >= 0.3 is 0 Å². The van der Waals surface area contributed by atoms with Gasteiger partial charge in [0.15, 0.2) is 0 Å². The highest BCUT2D eigenvalue weighted by molar-refractivity contribution is 9.10. The van der Waals surface area contributed by atoms with Gasteiger partial charge in [0, 0.05) is 15.7 Å². The summed E-state index contributed by atoms with van der Waals surface area (Å²) in [5.74, 6) is 0. The molecule has 2 aromatic heterocycles. The minimum atomic E-state index is -0.0303. The molecule has 4 heteroatoms. The first-order valence-corrected chi connectivity index (χ1v) is 6.84. The van der Waals surface area contributed by atoms with Gasteiger partial charge < -0.3 is 5.11 Å². The van der Waals surface area contributed by atoms with Crippen LogP contribution in [-0.4, -0.2) is 14.5 Å². The maximum absolute atomic E-state index is 9.68. The van der Waals surface area contributed by atoms with E-state index in [0.717, 1.165) is 32.8 Å². The van der Waals surface area contributed by atoms with E-state index in [9.17, 15) is 5.11 Å². The molecule has 0 saturated carbocycles. The molecule has 2 heterocycles. The molecular weight excluding hydrogens is 304 g/mol.